The van der Waals surface area contributed by atoms with Gasteiger partial charge in [-0.05, 0) is 44.4 Å². The van der Waals surface area contributed by atoms with E-state index < -0.39 is 0 Å². The van der Waals surface area contributed by atoms with Gasteiger partial charge in [0.15, 0.2) is 5.15 Å². The molecule has 98 valence electrons. The number of aryl methyl sites for hydroxylation is 1. The summed E-state index contributed by atoms with van der Waals surface area (Å²) in [5.41, 5.74) is 2.15. The summed E-state index contributed by atoms with van der Waals surface area (Å²) < 4.78 is 0. The number of fused-ring (bicyclic) bond motifs is 1. The zero-order valence-corrected chi connectivity index (χ0v) is 11.6. The molecule has 0 bridgehead atoms. The minimum Gasteiger partial charge on any atom is -0.378 e. The van der Waals surface area contributed by atoms with E-state index in [0.29, 0.717) is 17.2 Å². The van der Waals surface area contributed by atoms with E-state index in [9.17, 15) is 0 Å². The van der Waals surface area contributed by atoms with Crippen LogP contribution < -0.4 is 5.32 Å². The Morgan fingerprint density at radius 2 is 2.22 bits per heavy atom. The van der Waals surface area contributed by atoms with Crippen LogP contribution in [0.1, 0.15) is 31.2 Å². The number of piperidine rings is 1. The lowest BCUT2D eigenvalue weighted by Crippen LogP contribution is -2.41. The fraction of sp³-hybridized carbons (Fsp3) is 0.643. The van der Waals surface area contributed by atoms with Gasteiger partial charge in [-0.3, -0.25) is 4.90 Å². The molecule has 2 unspecified atom stereocenters. The normalized spacial score (nSPS) is 28.1. The molecule has 2 aliphatic heterocycles. The van der Waals surface area contributed by atoms with Crippen molar-refractivity contribution in [2.24, 2.45) is 0 Å². The molecule has 3 heterocycles. The highest BCUT2D eigenvalue weighted by molar-refractivity contribution is 6.32. The third kappa shape index (κ3) is 2.34. The van der Waals surface area contributed by atoms with E-state index in [-0.39, 0.29) is 0 Å². The van der Waals surface area contributed by atoms with Crippen LogP contribution in [0.25, 0.3) is 0 Å². The number of nitrogens with one attached hydrogen (secondary N) is 1. The number of halogens is 1. The van der Waals surface area contributed by atoms with Gasteiger partial charge in [-0.15, -0.1) is 0 Å². The first kappa shape index (κ1) is 12.2. The lowest BCUT2D eigenvalue weighted by Gasteiger charge is -2.33. The molecule has 0 amide bonds. The number of anilines is 1. The van der Waals surface area contributed by atoms with E-state index in [2.05, 4.69) is 28.2 Å². The Balaban J connectivity index is 1.74. The Bertz CT molecular complexity index is 435. The summed E-state index contributed by atoms with van der Waals surface area (Å²) in [6, 6.07) is 3.32. The van der Waals surface area contributed by atoms with Gasteiger partial charge in [-0.2, -0.15) is 0 Å². The van der Waals surface area contributed by atoms with E-state index in [1.165, 1.54) is 38.8 Å². The number of pyridine rings is 1. The third-order valence-electron chi connectivity index (χ3n) is 4.17. The summed E-state index contributed by atoms with van der Waals surface area (Å²) in [7, 11) is 0. The zero-order valence-electron chi connectivity index (χ0n) is 10.8. The van der Waals surface area contributed by atoms with Crippen LogP contribution in [0, 0.1) is 6.92 Å². The van der Waals surface area contributed by atoms with E-state index in [4.69, 9.17) is 11.6 Å². The fourth-order valence-corrected chi connectivity index (χ4v) is 3.43. The lowest BCUT2D eigenvalue weighted by atomic mass is 9.99. The standard InChI is InChI=1S/C14H20ClN3/c1-10-8-12(14(15)16-9-10)17-11-5-7-18-6-3-2-4-13(11)18/h8-9,11,13,17H,2-7H2,1H3. The van der Waals surface area contributed by atoms with Crippen LogP contribution in [-0.2, 0) is 0 Å². The van der Waals surface area contributed by atoms with Crippen molar-refractivity contribution in [3.8, 4) is 0 Å². The monoisotopic (exact) mass is 265 g/mol. The van der Waals surface area contributed by atoms with Gasteiger partial charge in [0.1, 0.15) is 0 Å². The van der Waals surface area contributed by atoms with E-state index >= 15 is 0 Å². The molecule has 0 aromatic carbocycles. The SMILES string of the molecule is Cc1cnc(Cl)c(NC2CCN3CCCCC23)c1. The topological polar surface area (TPSA) is 28.2 Å². The maximum absolute atomic E-state index is 6.16. The van der Waals surface area contributed by atoms with Crippen molar-refractivity contribution in [2.45, 2.75) is 44.7 Å². The second kappa shape index (κ2) is 5.06. The maximum atomic E-state index is 6.16. The van der Waals surface area contributed by atoms with Crippen LogP contribution in [0.2, 0.25) is 5.15 Å². The molecule has 1 N–H and O–H groups in total. The number of hydrogen-bond donors (Lipinski definition) is 1. The molecule has 2 saturated heterocycles. The highest BCUT2D eigenvalue weighted by Crippen LogP contribution is 2.31. The molecule has 1 aromatic rings. The van der Waals surface area contributed by atoms with Gasteiger partial charge in [0.2, 0.25) is 0 Å². The van der Waals surface area contributed by atoms with Crippen LogP contribution in [0.5, 0.6) is 0 Å². The van der Waals surface area contributed by atoms with Gasteiger partial charge in [-0.1, -0.05) is 18.0 Å². The first-order valence-corrected chi connectivity index (χ1v) is 7.24. The summed E-state index contributed by atoms with van der Waals surface area (Å²) in [4.78, 5) is 6.84. The summed E-state index contributed by atoms with van der Waals surface area (Å²) in [6.07, 6.45) is 7.06. The first-order valence-electron chi connectivity index (χ1n) is 6.87. The first-order chi connectivity index (χ1) is 8.74. The summed E-state index contributed by atoms with van der Waals surface area (Å²) in [5.74, 6) is 0. The number of aromatic nitrogens is 1. The average molecular weight is 266 g/mol. The number of nitrogens with zero attached hydrogens (tertiary/aromatic N) is 2. The van der Waals surface area contributed by atoms with Crippen molar-refractivity contribution in [1.29, 1.82) is 0 Å². The molecule has 2 fully saturated rings. The van der Waals surface area contributed by atoms with E-state index in [1.807, 2.05) is 6.20 Å². The van der Waals surface area contributed by atoms with Crippen LogP contribution >= 0.6 is 11.6 Å². The second-order valence-corrected chi connectivity index (χ2v) is 5.85. The molecular weight excluding hydrogens is 246 g/mol. The molecule has 18 heavy (non-hydrogen) atoms. The lowest BCUT2D eigenvalue weighted by molar-refractivity contribution is 0.193. The van der Waals surface area contributed by atoms with Gasteiger partial charge >= 0.3 is 0 Å². The van der Waals surface area contributed by atoms with Crippen LogP contribution in [0.4, 0.5) is 5.69 Å². The highest BCUT2D eigenvalue weighted by Gasteiger charge is 2.35. The predicted molar refractivity (Wildman–Crippen MR) is 75.2 cm³/mol. The zero-order chi connectivity index (χ0) is 12.5. The number of rotatable bonds is 2. The minimum atomic E-state index is 0.534. The van der Waals surface area contributed by atoms with Crippen molar-refractivity contribution in [2.75, 3.05) is 18.4 Å². The Morgan fingerprint density at radius 1 is 1.33 bits per heavy atom. The van der Waals surface area contributed by atoms with E-state index in [0.717, 1.165) is 11.3 Å². The van der Waals surface area contributed by atoms with Crippen LogP contribution in [0.3, 0.4) is 0 Å². The molecule has 2 aliphatic rings. The highest BCUT2D eigenvalue weighted by atomic mass is 35.5. The van der Waals surface area contributed by atoms with E-state index in [1.54, 1.807) is 0 Å². The van der Waals surface area contributed by atoms with Crippen molar-refractivity contribution in [1.82, 2.24) is 9.88 Å². The largest absolute Gasteiger partial charge is 0.378 e. The van der Waals surface area contributed by atoms with Gasteiger partial charge in [0.05, 0.1) is 5.69 Å². The molecule has 2 atom stereocenters. The summed E-state index contributed by atoms with van der Waals surface area (Å²) in [6.45, 7) is 4.54. The molecule has 3 rings (SSSR count). The minimum absolute atomic E-state index is 0.534. The Labute approximate surface area is 114 Å². The van der Waals surface area contributed by atoms with Gasteiger partial charge < -0.3 is 5.32 Å². The van der Waals surface area contributed by atoms with Gasteiger partial charge in [0.25, 0.3) is 0 Å². The number of hydrogen-bond acceptors (Lipinski definition) is 3. The van der Waals surface area contributed by atoms with Crippen LogP contribution in [0.15, 0.2) is 12.3 Å². The van der Waals surface area contributed by atoms with Crippen molar-refractivity contribution >= 4 is 17.3 Å². The Kier molecular flexibility index (Phi) is 3.44. The van der Waals surface area contributed by atoms with Gasteiger partial charge in [-0.25, -0.2) is 4.98 Å². The van der Waals surface area contributed by atoms with Crippen molar-refractivity contribution < 1.29 is 0 Å². The molecule has 0 spiro atoms. The Morgan fingerprint density at radius 3 is 3.11 bits per heavy atom. The molecule has 4 heteroatoms. The molecule has 3 nitrogen and oxygen atoms in total. The fourth-order valence-electron chi connectivity index (χ4n) is 3.27. The smallest absolute Gasteiger partial charge is 0.152 e. The predicted octanol–water partition coefficient (Wildman–Crippen LogP) is 3.08. The van der Waals surface area contributed by atoms with Crippen molar-refractivity contribution in [3.63, 3.8) is 0 Å². The molecular formula is C14H20ClN3. The third-order valence-corrected chi connectivity index (χ3v) is 4.47. The summed E-state index contributed by atoms with van der Waals surface area (Å²) >= 11 is 6.16. The second-order valence-electron chi connectivity index (χ2n) is 5.49. The molecule has 1 aromatic heterocycles. The maximum Gasteiger partial charge on any atom is 0.152 e. The molecule has 0 aliphatic carbocycles. The Hall–Kier alpha value is -0.800. The van der Waals surface area contributed by atoms with Gasteiger partial charge in [0, 0.05) is 24.8 Å². The average Bonchev–Trinajstić information content (AvgIpc) is 2.78. The van der Waals surface area contributed by atoms with Crippen LogP contribution in [-0.4, -0.2) is 35.1 Å². The summed E-state index contributed by atoms with van der Waals surface area (Å²) in [5, 5.41) is 4.21. The molecule has 0 saturated carbocycles. The van der Waals surface area contributed by atoms with Crippen molar-refractivity contribution in [3.05, 3.63) is 23.0 Å². The quantitative estimate of drug-likeness (QED) is 0.833. The molecule has 0 radical (unpaired) electrons.